The summed E-state index contributed by atoms with van der Waals surface area (Å²) in [6, 6.07) is 1.26. The Bertz CT molecular complexity index is 1140. The molecule has 6 atom stereocenters. The zero-order chi connectivity index (χ0) is 30.1. The van der Waals surface area contributed by atoms with Crippen LogP contribution >= 0.6 is 0 Å². The zero-order valence-corrected chi connectivity index (χ0v) is 24.7. The van der Waals surface area contributed by atoms with Crippen LogP contribution in [0.2, 0.25) is 0 Å². The number of hydrogen-bond acceptors (Lipinski definition) is 8. The average molecular weight is 561 g/mol. The highest BCUT2D eigenvalue weighted by molar-refractivity contribution is 6.04. The van der Waals surface area contributed by atoms with Crippen LogP contribution in [0, 0.1) is 17.8 Å². The number of ether oxygens (including phenoxy) is 4. The van der Waals surface area contributed by atoms with Gasteiger partial charge in [0.05, 0.1) is 25.0 Å². The van der Waals surface area contributed by atoms with Crippen molar-refractivity contribution in [2.75, 3.05) is 26.6 Å². The number of phenolic OH excluding ortho intramolecular Hbond substituents is 2. The van der Waals surface area contributed by atoms with Crippen molar-refractivity contribution in [1.82, 2.24) is 0 Å². The maximum atomic E-state index is 12.9. The minimum absolute atomic E-state index is 0.0519. The molecule has 40 heavy (non-hydrogen) atoms. The first-order chi connectivity index (χ1) is 18.8. The van der Waals surface area contributed by atoms with Gasteiger partial charge < -0.3 is 40.2 Å². The van der Waals surface area contributed by atoms with Crippen LogP contribution in [-0.4, -0.2) is 61.9 Å². The highest BCUT2D eigenvalue weighted by atomic mass is 16.6. The number of anilines is 1. The highest BCUT2D eigenvalue weighted by Gasteiger charge is 2.30. The summed E-state index contributed by atoms with van der Waals surface area (Å²) >= 11 is 0. The zero-order valence-electron chi connectivity index (χ0n) is 24.7. The largest absolute Gasteiger partial charge is 0.505 e. The van der Waals surface area contributed by atoms with E-state index in [0.717, 1.165) is 5.57 Å². The van der Waals surface area contributed by atoms with E-state index in [0.29, 0.717) is 24.0 Å². The normalized spacial score (nSPS) is 26.9. The highest BCUT2D eigenvalue weighted by Crippen LogP contribution is 2.44. The van der Waals surface area contributed by atoms with Gasteiger partial charge in [0.1, 0.15) is 11.9 Å². The summed E-state index contributed by atoms with van der Waals surface area (Å²) in [5, 5.41) is 24.4. The van der Waals surface area contributed by atoms with Gasteiger partial charge in [-0.15, -0.1) is 0 Å². The smallest absolute Gasteiger partial charge is 0.405 e. The Kier molecular flexibility index (Phi) is 12.1. The van der Waals surface area contributed by atoms with Crippen molar-refractivity contribution in [3.05, 3.63) is 47.1 Å². The average Bonchev–Trinajstić information content (AvgIpc) is 2.88. The third-order valence-corrected chi connectivity index (χ3v) is 7.24. The number of aromatic hydroxyl groups is 2. The first kappa shape index (κ1) is 32.7. The fraction of sp³-hybridized carbons (Fsp3) is 0.533. The lowest BCUT2D eigenvalue weighted by molar-refractivity contribution is -0.112. The van der Waals surface area contributed by atoms with Crippen LogP contribution in [-0.2, 0) is 25.4 Å². The SMILES string of the molecule is COc1c(O)cc2c(O)c1C[C@@H](C)C[C@H](OC)[C@H](OC)[C@@H](C)C=C(C)[C@H](OC(N)=O)[C@@H](C)C=CC=C(C)C(=O)N2. The van der Waals surface area contributed by atoms with E-state index in [1.807, 2.05) is 39.8 Å². The molecule has 1 aromatic rings. The van der Waals surface area contributed by atoms with Crippen LogP contribution < -0.4 is 15.8 Å². The Morgan fingerprint density at radius 2 is 1.75 bits per heavy atom. The fourth-order valence-electron chi connectivity index (χ4n) is 5.22. The van der Waals surface area contributed by atoms with Crippen molar-refractivity contribution < 1.29 is 38.7 Å². The van der Waals surface area contributed by atoms with Gasteiger partial charge in [-0.1, -0.05) is 45.1 Å². The van der Waals surface area contributed by atoms with Crippen LogP contribution in [0.1, 0.15) is 46.6 Å². The van der Waals surface area contributed by atoms with Crippen LogP contribution in [0.5, 0.6) is 17.2 Å². The van der Waals surface area contributed by atoms with E-state index >= 15 is 0 Å². The molecule has 1 heterocycles. The molecule has 2 amide bonds. The van der Waals surface area contributed by atoms with E-state index in [2.05, 4.69) is 5.32 Å². The number of hydrogen-bond donors (Lipinski definition) is 4. The van der Waals surface area contributed by atoms with E-state index in [4.69, 9.17) is 24.7 Å². The van der Waals surface area contributed by atoms with Crippen molar-refractivity contribution in [1.29, 1.82) is 0 Å². The third-order valence-electron chi connectivity index (χ3n) is 7.24. The molecule has 10 nitrogen and oxygen atoms in total. The Labute approximate surface area is 236 Å². The molecule has 222 valence electrons. The van der Waals surface area contributed by atoms with Crippen LogP contribution in [0.4, 0.5) is 10.5 Å². The predicted molar refractivity (Wildman–Crippen MR) is 153 cm³/mol. The van der Waals surface area contributed by atoms with E-state index in [1.54, 1.807) is 33.3 Å². The lowest BCUT2D eigenvalue weighted by atomic mass is 9.87. The molecular formula is C30H44N2O8. The second kappa shape index (κ2) is 14.8. The first-order valence-electron chi connectivity index (χ1n) is 13.3. The van der Waals surface area contributed by atoms with E-state index in [-0.39, 0.29) is 52.9 Å². The Hall–Kier alpha value is -3.50. The Balaban J connectivity index is 2.65. The number of carbonyl (C=O) groups excluding carboxylic acids is 2. The van der Waals surface area contributed by atoms with Crippen molar-refractivity contribution in [2.45, 2.75) is 65.8 Å². The standard InChI is InChI=1S/C30H44N2O8/c1-16-12-21-25(34)22(15-23(33)28(21)39-8)32-29(35)18(3)11-9-10-17(2)26(40-30(31)36)19(4)14-20(5)27(38-7)24(13-16)37-6/h9-11,14-17,20,24,26-27,33-34H,12-13H2,1-8H3,(H2,31,36)(H,32,35)/t16-,17+,20+,24+,26-,27-/m1/s1. The number of allylic oxidation sites excluding steroid dienone is 2. The van der Waals surface area contributed by atoms with Gasteiger partial charge in [-0.05, 0) is 38.2 Å². The fourth-order valence-corrected chi connectivity index (χ4v) is 5.22. The van der Waals surface area contributed by atoms with Gasteiger partial charge in [0.25, 0.3) is 5.91 Å². The number of phenols is 2. The predicted octanol–water partition coefficient (Wildman–Crippen LogP) is 4.84. The molecule has 1 aliphatic rings. The number of methoxy groups -OCH3 is 3. The summed E-state index contributed by atoms with van der Waals surface area (Å²) in [6.07, 6.45) is 5.79. The van der Waals surface area contributed by atoms with E-state index in [1.165, 1.54) is 13.2 Å². The molecule has 0 saturated heterocycles. The monoisotopic (exact) mass is 560 g/mol. The molecular weight excluding hydrogens is 516 g/mol. The molecule has 0 unspecified atom stereocenters. The molecule has 0 aromatic heterocycles. The first-order valence-corrected chi connectivity index (χ1v) is 13.3. The number of primary amides is 1. The lowest BCUT2D eigenvalue weighted by Crippen LogP contribution is -2.37. The topological polar surface area (TPSA) is 150 Å². The van der Waals surface area contributed by atoms with Gasteiger partial charge >= 0.3 is 6.09 Å². The molecule has 0 radical (unpaired) electrons. The summed E-state index contributed by atoms with van der Waals surface area (Å²) in [7, 11) is 4.64. The summed E-state index contributed by atoms with van der Waals surface area (Å²) < 4.78 is 22.6. The molecule has 2 bridgehead atoms. The number of nitrogens with one attached hydrogen (secondary N) is 1. The number of amides is 2. The third kappa shape index (κ3) is 8.25. The maximum absolute atomic E-state index is 12.9. The second-order valence-electron chi connectivity index (χ2n) is 10.5. The van der Waals surface area contributed by atoms with Crippen molar-refractivity contribution in [2.24, 2.45) is 23.5 Å². The molecule has 0 spiro atoms. The molecule has 2 rings (SSSR count). The summed E-state index contributed by atoms with van der Waals surface area (Å²) in [5.41, 5.74) is 6.97. The van der Waals surface area contributed by atoms with Gasteiger partial charge in [-0.3, -0.25) is 4.79 Å². The van der Waals surface area contributed by atoms with Crippen LogP contribution in [0.25, 0.3) is 0 Å². The van der Waals surface area contributed by atoms with Gasteiger partial charge in [-0.2, -0.15) is 0 Å². The molecule has 1 aliphatic heterocycles. The van der Waals surface area contributed by atoms with Crippen LogP contribution in [0.3, 0.4) is 0 Å². The second-order valence-corrected chi connectivity index (χ2v) is 10.5. The lowest BCUT2D eigenvalue weighted by Gasteiger charge is -2.31. The Morgan fingerprint density at radius 3 is 2.33 bits per heavy atom. The number of rotatable bonds is 4. The summed E-state index contributed by atoms with van der Waals surface area (Å²) in [6.45, 7) is 9.36. The molecule has 0 fully saturated rings. The molecule has 1 aromatic carbocycles. The summed E-state index contributed by atoms with van der Waals surface area (Å²) in [5.74, 6) is -1.15. The van der Waals surface area contributed by atoms with Gasteiger partial charge in [0, 0.05) is 43.3 Å². The van der Waals surface area contributed by atoms with Gasteiger partial charge in [0.2, 0.25) is 0 Å². The minimum Gasteiger partial charge on any atom is -0.505 e. The van der Waals surface area contributed by atoms with Crippen molar-refractivity contribution in [3.63, 3.8) is 0 Å². The van der Waals surface area contributed by atoms with E-state index in [9.17, 15) is 19.8 Å². The quantitative estimate of drug-likeness (QED) is 0.232. The number of nitrogens with two attached hydrogens (primary N) is 1. The van der Waals surface area contributed by atoms with Crippen molar-refractivity contribution >= 4 is 17.7 Å². The Morgan fingerprint density at radius 1 is 1.07 bits per heavy atom. The van der Waals surface area contributed by atoms with Crippen molar-refractivity contribution in [3.8, 4) is 17.2 Å². The molecule has 0 aliphatic carbocycles. The molecule has 10 heteroatoms. The van der Waals surface area contributed by atoms with E-state index < -0.39 is 18.1 Å². The van der Waals surface area contributed by atoms with Gasteiger partial charge in [0.15, 0.2) is 11.5 Å². The van der Waals surface area contributed by atoms with Crippen LogP contribution in [0.15, 0.2) is 41.5 Å². The number of carbonyl (C=O) groups is 2. The number of benzene rings is 1. The number of fused-ring (bicyclic) bond motifs is 2. The summed E-state index contributed by atoms with van der Waals surface area (Å²) in [4.78, 5) is 24.6. The van der Waals surface area contributed by atoms with Gasteiger partial charge in [-0.25, -0.2) is 4.79 Å². The molecule has 5 N–H and O–H groups in total. The minimum atomic E-state index is -0.887. The molecule has 0 saturated carbocycles. The maximum Gasteiger partial charge on any atom is 0.405 e.